The normalized spacial score (nSPS) is 31.2. The van der Waals surface area contributed by atoms with Crippen LogP contribution in [-0.4, -0.2) is 68.2 Å². The highest BCUT2D eigenvalue weighted by Crippen LogP contribution is 2.40. The summed E-state index contributed by atoms with van der Waals surface area (Å²) in [6.45, 7) is 2.63. The van der Waals surface area contributed by atoms with Gasteiger partial charge < -0.3 is 35.0 Å². The first kappa shape index (κ1) is 15.9. The first-order valence-electron chi connectivity index (χ1n) is 7.07. The maximum atomic E-state index is 11.9. The van der Waals surface area contributed by atoms with Crippen LogP contribution in [0.3, 0.4) is 0 Å². The molecule has 1 aromatic heterocycles. The minimum absolute atomic E-state index is 0.0165. The number of aliphatic hydroxyl groups excluding tert-OH is 3. The van der Waals surface area contributed by atoms with Gasteiger partial charge in [0, 0.05) is 0 Å². The average molecular weight is 325 g/mol. The molecule has 0 saturated carbocycles. The Morgan fingerprint density at radius 1 is 1.61 bits per heavy atom. The van der Waals surface area contributed by atoms with Crippen LogP contribution in [0.1, 0.15) is 13.8 Å². The highest BCUT2D eigenvalue weighted by molar-refractivity contribution is 5.98. The number of nitrogens with zero attached hydrogens (tertiary/aromatic N) is 3. The predicted octanol–water partition coefficient (Wildman–Crippen LogP) is -2.41. The second kappa shape index (κ2) is 5.27. The van der Waals surface area contributed by atoms with E-state index in [2.05, 4.69) is 9.98 Å². The van der Waals surface area contributed by atoms with Crippen LogP contribution in [0.15, 0.2) is 9.79 Å². The number of aliphatic hydroxyl groups is 3. The number of hydrogen-bond acceptors (Lipinski definition) is 9. The van der Waals surface area contributed by atoms with Crippen LogP contribution < -0.4 is 15.6 Å². The highest BCUT2D eigenvalue weighted by Gasteiger charge is 2.51. The Kier molecular flexibility index (Phi) is 3.64. The molecule has 4 N–H and O–H groups in total. The summed E-state index contributed by atoms with van der Waals surface area (Å²) in [5.74, 6) is 0.0165. The zero-order chi connectivity index (χ0) is 16.9. The molecule has 126 valence electrons. The molecule has 10 nitrogen and oxygen atoms in total. The molecular weight excluding hydrogens is 308 g/mol. The van der Waals surface area contributed by atoms with Crippen molar-refractivity contribution < 1.29 is 25.2 Å². The maximum Gasteiger partial charge on any atom is 0.278 e. The van der Waals surface area contributed by atoms with Gasteiger partial charge in [0.05, 0.1) is 24.9 Å². The smallest absolute Gasteiger partial charge is 0.278 e. The summed E-state index contributed by atoms with van der Waals surface area (Å²) in [5, 5.41) is 40.6. The predicted molar refractivity (Wildman–Crippen MR) is 76.8 cm³/mol. The van der Waals surface area contributed by atoms with Gasteiger partial charge in [-0.3, -0.25) is 4.79 Å². The minimum Gasteiger partial charge on any atom is -0.846 e. The molecule has 1 saturated heterocycles. The fourth-order valence-electron chi connectivity index (χ4n) is 2.88. The van der Waals surface area contributed by atoms with Gasteiger partial charge in [0.1, 0.15) is 18.3 Å². The lowest BCUT2D eigenvalue weighted by atomic mass is 9.97. The van der Waals surface area contributed by atoms with Gasteiger partial charge in [0.15, 0.2) is 17.2 Å². The van der Waals surface area contributed by atoms with Crippen LogP contribution in [0.5, 0.6) is 6.01 Å². The molecule has 2 aliphatic rings. The molecule has 1 fully saturated rings. The van der Waals surface area contributed by atoms with Crippen molar-refractivity contribution in [2.75, 3.05) is 18.1 Å². The molecule has 3 heterocycles. The quantitative estimate of drug-likeness (QED) is 0.468. The van der Waals surface area contributed by atoms with Gasteiger partial charge in [0.2, 0.25) is 0 Å². The van der Waals surface area contributed by atoms with Gasteiger partial charge in [0.25, 0.3) is 5.56 Å². The Morgan fingerprint density at radius 2 is 2.30 bits per heavy atom. The molecule has 3 rings (SSSR count). The van der Waals surface area contributed by atoms with Crippen molar-refractivity contribution in [3.8, 4) is 6.01 Å². The van der Waals surface area contributed by atoms with Gasteiger partial charge in [-0.15, -0.1) is 0 Å². The van der Waals surface area contributed by atoms with Gasteiger partial charge in [-0.05, 0) is 13.8 Å². The lowest BCUT2D eigenvalue weighted by molar-refractivity contribution is -0.282. The largest absolute Gasteiger partial charge is 0.846 e. The van der Waals surface area contributed by atoms with Crippen LogP contribution in [0.2, 0.25) is 0 Å². The molecule has 0 aliphatic carbocycles. The number of H-pyrrole nitrogens is 1. The van der Waals surface area contributed by atoms with Crippen LogP contribution in [0, 0.1) is 0 Å². The van der Waals surface area contributed by atoms with Crippen molar-refractivity contribution in [1.82, 2.24) is 9.97 Å². The summed E-state index contributed by atoms with van der Waals surface area (Å²) in [7, 11) is 0. The zero-order valence-electron chi connectivity index (χ0n) is 12.6. The summed E-state index contributed by atoms with van der Waals surface area (Å²) >= 11 is 0. The van der Waals surface area contributed by atoms with E-state index in [1.54, 1.807) is 13.8 Å². The SMILES string of the molecule is CC1=Nc2c(nc([O-])[nH]c2=O)N2C[C@H](O)[C@@H]([C@H](O)CO)O[C@]12C. The van der Waals surface area contributed by atoms with E-state index in [0.29, 0.717) is 5.71 Å². The molecule has 0 bridgehead atoms. The van der Waals surface area contributed by atoms with Crippen molar-refractivity contribution in [3.63, 3.8) is 0 Å². The summed E-state index contributed by atoms with van der Waals surface area (Å²) in [6.07, 6.45) is -3.47. The second-order valence-electron chi connectivity index (χ2n) is 5.73. The maximum absolute atomic E-state index is 11.9. The highest BCUT2D eigenvalue weighted by atomic mass is 16.6. The van der Waals surface area contributed by atoms with Crippen molar-refractivity contribution >= 4 is 17.2 Å². The van der Waals surface area contributed by atoms with Crippen LogP contribution in [0.25, 0.3) is 0 Å². The molecule has 1 aromatic rings. The lowest BCUT2D eigenvalue weighted by Gasteiger charge is -2.52. The molecule has 0 radical (unpaired) electrons. The fourth-order valence-corrected chi connectivity index (χ4v) is 2.88. The van der Waals surface area contributed by atoms with Crippen LogP contribution >= 0.6 is 0 Å². The van der Waals surface area contributed by atoms with E-state index in [-0.39, 0.29) is 18.1 Å². The third kappa shape index (κ3) is 2.30. The summed E-state index contributed by atoms with van der Waals surface area (Å²) < 4.78 is 5.77. The van der Waals surface area contributed by atoms with Crippen molar-refractivity contribution in [2.45, 2.75) is 37.9 Å². The van der Waals surface area contributed by atoms with Crippen molar-refractivity contribution in [3.05, 3.63) is 10.4 Å². The molecule has 23 heavy (non-hydrogen) atoms. The molecule has 4 atom stereocenters. The fraction of sp³-hybridized carbons (Fsp3) is 0.615. The number of aromatic nitrogens is 2. The Balaban J connectivity index is 2.11. The molecule has 0 amide bonds. The van der Waals surface area contributed by atoms with E-state index in [1.165, 1.54) is 4.90 Å². The number of ether oxygens (including phenoxy) is 1. The lowest BCUT2D eigenvalue weighted by Crippen LogP contribution is -2.68. The van der Waals surface area contributed by atoms with Crippen molar-refractivity contribution in [2.24, 2.45) is 4.99 Å². The standard InChI is InChI=1S/C13H18N4O6/c1-5-13(2)17(3-6(19)9(23-13)7(20)4-18)10-8(14-5)11(21)16-12(22)15-10/h6-7,9,18-20H,3-4H2,1-2H3,(H2,15,16,21,22)/p-1/t6-,7+,9-,13+/m0/s1. The van der Waals surface area contributed by atoms with E-state index in [0.717, 1.165) is 0 Å². The number of fused-ring (bicyclic) bond motifs is 3. The van der Waals surface area contributed by atoms with E-state index in [4.69, 9.17) is 9.84 Å². The van der Waals surface area contributed by atoms with E-state index in [1.807, 2.05) is 4.98 Å². The number of aromatic amines is 1. The Morgan fingerprint density at radius 3 is 2.96 bits per heavy atom. The second-order valence-corrected chi connectivity index (χ2v) is 5.73. The molecule has 10 heteroatoms. The first-order chi connectivity index (χ1) is 10.8. The summed E-state index contributed by atoms with van der Waals surface area (Å²) in [5.41, 5.74) is -1.51. The molecule has 0 unspecified atom stereocenters. The third-order valence-electron chi connectivity index (χ3n) is 4.26. The molecular formula is C13H17N4O6-. The zero-order valence-corrected chi connectivity index (χ0v) is 12.6. The Labute approximate surface area is 130 Å². The number of rotatable bonds is 2. The molecule has 0 aromatic carbocycles. The molecule has 0 spiro atoms. The van der Waals surface area contributed by atoms with Crippen LogP contribution in [0.4, 0.5) is 11.5 Å². The Hall–Kier alpha value is -2.01. The number of nitrogens with one attached hydrogen (secondary N) is 1. The van der Waals surface area contributed by atoms with Crippen LogP contribution in [-0.2, 0) is 4.74 Å². The number of anilines is 1. The monoisotopic (exact) mass is 325 g/mol. The third-order valence-corrected chi connectivity index (χ3v) is 4.26. The summed E-state index contributed by atoms with van der Waals surface area (Å²) in [4.78, 5) is 23.3. The average Bonchev–Trinajstić information content (AvgIpc) is 2.49. The van der Waals surface area contributed by atoms with Crippen molar-refractivity contribution in [1.29, 1.82) is 0 Å². The molecule has 2 aliphatic heterocycles. The number of hydrogen-bond donors (Lipinski definition) is 4. The van der Waals surface area contributed by atoms with Gasteiger partial charge in [-0.1, -0.05) is 0 Å². The van der Waals surface area contributed by atoms with Gasteiger partial charge in [-0.25, -0.2) is 9.98 Å². The summed E-state index contributed by atoms with van der Waals surface area (Å²) in [6, 6.07) is -0.821. The van der Waals surface area contributed by atoms with E-state index in [9.17, 15) is 20.1 Å². The van der Waals surface area contributed by atoms with Gasteiger partial charge in [-0.2, -0.15) is 0 Å². The first-order valence-corrected chi connectivity index (χ1v) is 7.07. The minimum atomic E-state index is -1.28. The number of aliphatic imine (C=N–C) groups is 1. The Bertz CT molecular complexity index is 719. The van der Waals surface area contributed by atoms with E-state index < -0.39 is 42.2 Å². The van der Waals surface area contributed by atoms with Gasteiger partial charge >= 0.3 is 0 Å². The van der Waals surface area contributed by atoms with E-state index >= 15 is 0 Å². The topological polar surface area (TPSA) is 154 Å².